The highest BCUT2D eigenvalue weighted by atomic mass is 16.4. The number of urea groups is 1. The van der Waals surface area contributed by atoms with E-state index >= 15 is 0 Å². The third-order valence-corrected chi connectivity index (χ3v) is 10.8. The first-order chi connectivity index (χ1) is 27.2. The number of aliphatic carboxylic acids is 1. The second-order valence-corrected chi connectivity index (χ2v) is 15.0. The summed E-state index contributed by atoms with van der Waals surface area (Å²) in [5, 5.41) is 26.2. The average Bonchev–Trinajstić information content (AvgIpc) is 3.21. The van der Waals surface area contributed by atoms with Crippen molar-refractivity contribution in [3.8, 4) is 0 Å². The van der Waals surface area contributed by atoms with Gasteiger partial charge in [-0.05, 0) is 62.0 Å². The second kappa shape index (κ2) is 22.9. The van der Waals surface area contributed by atoms with Crippen LogP contribution < -0.4 is 31.9 Å². The summed E-state index contributed by atoms with van der Waals surface area (Å²) in [5.41, 5.74) is 1.74. The molecule has 1 aliphatic rings. The third-order valence-electron chi connectivity index (χ3n) is 10.8. The molecule has 1 heterocycles. The van der Waals surface area contributed by atoms with Crippen molar-refractivity contribution in [2.45, 2.75) is 122 Å². The Labute approximate surface area is 335 Å². The topological polar surface area (TPSA) is 215 Å². The smallest absolute Gasteiger partial charge is 0.326 e. The summed E-state index contributed by atoms with van der Waals surface area (Å²) < 4.78 is 0. The van der Waals surface area contributed by atoms with Crippen LogP contribution in [-0.4, -0.2) is 101 Å². The molecule has 3 rings (SSSR count). The molecule has 15 heteroatoms. The Balaban J connectivity index is 2.00. The van der Waals surface area contributed by atoms with Gasteiger partial charge in [-0.3, -0.25) is 24.0 Å². The number of carbonyl (C=O) groups is 7. The SMILES string of the molecule is CC[C@H](C)C1NC(=O)C(NC(=O)N[C@H](C(=O)O)[C@@H](C)CC)CCCCNC(=O)C(Cc2ccccc2)NC(=O)[C@H](C)N(C)C(=O)[C@H](CCc2ccccc2)NC1=O. The number of amides is 7. The van der Waals surface area contributed by atoms with Crippen LogP contribution in [0.15, 0.2) is 60.7 Å². The van der Waals surface area contributed by atoms with Gasteiger partial charge in [0.25, 0.3) is 0 Å². The van der Waals surface area contributed by atoms with Crippen LogP contribution in [0.1, 0.15) is 84.3 Å². The molecule has 2 aromatic rings. The second-order valence-electron chi connectivity index (χ2n) is 15.0. The molecular formula is C42H61N7O8. The molecule has 0 radical (unpaired) electrons. The molecule has 57 heavy (non-hydrogen) atoms. The molecule has 0 saturated carbocycles. The lowest BCUT2D eigenvalue weighted by atomic mass is 9.96. The van der Waals surface area contributed by atoms with Crippen molar-refractivity contribution in [3.05, 3.63) is 71.8 Å². The molecule has 8 atom stereocenters. The highest BCUT2D eigenvalue weighted by molar-refractivity contribution is 5.96. The van der Waals surface area contributed by atoms with Gasteiger partial charge in [0.05, 0.1) is 0 Å². The normalized spacial score (nSPS) is 23.5. The minimum Gasteiger partial charge on any atom is -0.480 e. The first kappa shape index (κ1) is 45.9. The molecule has 1 fully saturated rings. The number of hydrogen-bond acceptors (Lipinski definition) is 7. The van der Waals surface area contributed by atoms with E-state index in [0.29, 0.717) is 32.1 Å². The lowest BCUT2D eigenvalue weighted by Crippen LogP contribution is -2.60. The molecule has 312 valence electrons. The molecule has 0 aliphatic carbocycles. The van der Waals surface area contributed by atoms with Crippen LogP contribution >= 0.6 is 0 Å². The fourth-order valence-electron chi connectivity index (χ4n) is 6.50. The molecule has 0 spiro atoms. The summed E-state index contributed by atoms with van der Waals surface area (Å²) in [5.74, 6) is -4.82. The van der Waals surface area contributed by atoms with Crippen LogP contribution in [0.25, 0.3) is 0 Å². The standard InChI is InChI=1S/C42H61N7O8/c1-7-26(3)34-39(53)44-32(23-22-29-17-11-9-12-18-29)40(54)49(6)28(5)36(50)45-33(25-30-19-13-10-14-20-30)37(51)43-24-16-15-21-31(38(52)47-34)46-42(57)48-35(41(55)56)27(4)8-2/h9-14,17-20,26-28,31-35H,7-8,15-16,21-25H2,1-6H3,(H,43,51)(H,44,53)(H,45,50)(H,47,52)(H,55,56)(H2,46,48,57)/t26-,27-,28-,31?,32-,33?,34?,35-/m0/s1. The van der Waals surface area contributed by atoms with Gasteiger partial charge in [-0.15, -0.1) is 0 Å². The average molecular weight is 792 g/mol. The van der Waals surface area contributed by atoms with Gasteiger partial charge in [-0.25, -0.2) is 9.59 Å². The van der Waals surface area contributed by atoms with Gasteiger partial charge < -0.3 is 41.9 Å². The van der Waals surface area contributed by atoms with Crippen molar-refractivity contribution in [2.75, 3.05) is 13.6 Å². The third kappa shape index (κ3) is 14.2. The largest absolute Gasteiger partial charge is 0.480 e. The van der Waals surface area contributed by atoms with Gasteiger partial charge >= 0.3 is 12.0 Å². The molecule has 15 nitrogen and oxygen atoms in total. The number of hydrogen-bond donors (Lipinski definition) is 7. The van der Waals surface area contributed by atoms with Crippen molar-refractivity contribution in [2.24, 2.45) is 11.8 Å². The van der Waals surface area contributed by atoms with Crippen LogP contribution in [0.2, 0.25) is 0 Å². The minimum atomic E-state index is -1.22. The van der Waals surface area contributed by atoms with Crippen molar-refractivity contribution in [1.82, 2.24) is 36.8 Å². The molecular weight excluding hydrogens is 731 g/mol. The van der Waals surface area contributed by atoms with Crippen LogP contribution in [0.4, 0.5) is 4.79 Å². The molecule has 7 amide bonds. The predicted octanol–water partition coefficient (Wildman–Crippen LogP) is 2.68. The van der Waals surface area contributed by atoms with E-state index < -0.39 is 89.6 Å². The zero-order valence-electron chi connectivity index (χ0n) is 34.0. The van der Waals surface area contributed by atoms with Gasteiger partial charge in [0.2, 0.25) is 29.5 Å². The highest BCUT2D eigenvalue weighted by Crippen LogP contribution is 2.15. The van der Waals surface area contributed by atoms with Gasteiger partial charge in [0.1, 0.15) is 36.3 Å². The Morgan fingerprint density at radius 3 is 2.02 bits per heavy atom. The number of carboxylic acids is 1. The zero-order valence-corrected chi connectivity index (χ0v) is 34.0. The number of likely N-dealkylation sites (N-methyl/N-ethyl adjacent to an activating group) is 1. The maximum absolute atomic E-state index is 14.2. The highest BCUT2D eigenvalue weighted by Gasteiger charge is 2.36. The van der Waals surface area contributed by atoms with Crippen molar-refractivity contribution in [3.63, 3.8) is 0 Å². The van der Waals surface area contributed by atoms with Crippen LogP contribution in [-0.2, 0) is 41.6 Å². The first-order valence-electron chi connectivity index (χ1n) is 20.0. The van der Waals surface area contributed by atoms with Gasteiger partial charge in [-0.1, -0.05) is 101 Å². The number of carbonyl (C=O) groups excluding carboxylic acids is 6. The van der Waals surface area contributed by atoms with E-state index in [0.717, 1.165) is 11.1 Å². The fraction of sp³-hybridized carbons (Fsp3) is 0.548. The van der Waals surface area contributed by atoms with E-state index in [4.69, 9.17) is 0 Å². The molecule has 7 N–H and O–H groups in total. The lowest BCUT2D eigenvalue weighted by molar-refractivity contribution is -0.142. The van der Waals surface area contributed by atoms with Crippen molar-refractivity contribution >= 4 is 41.5 Å². The number of nitrogens with one attached hydrogen (secondary N) is 6. The van der Waals surface area contributed by atoms with E-state index in [-0.39, 0.29) is 25.8 Å². The Bertz CT molecular complexity index is 1660. The number of aryl methyl sites for hydroxylation is 1. The fourth-order valence-corrected chi connectivity index (χ4v) is 6.50. The summed E-state index contributed by atoms with van der Waals surface area (Å²) in [6.45, 7) is 8.87. The maximum Gasteiger partial charge on any atom is 0.326 e. The van der Waals surface area contributed by atoms with E-state index in [2.05, 4.69) is 31.9 Å². The molecule has 1 aliphatic heterocycles. The van der Waals surface area contributed by atoms with E-state index in [1.165, 1.54) is 11.9 Å². The summed E-state index contributed by atoms with van der Waals surface area (Å²) in [6, 6.07) is 11.2. The Morgan fingerprint density at radius 2 is 1.42 bits per heavy atom. The summed E-state index contributed by atoms with van der Waals surface area (Å²) in [7, 11) is 1.47. The van der Waals surface area contributed by atoms with Crippen LogP contribution in [0.5, 0.6) is 0 Å². The van der Waals surface area contributed by atoms with Crippen LogP contribution in [0, 0.1) is 11.8 Å². The quantitative estimate of drug-likeness (QED) is 0.169. The van der Waals surface area contributed by atoms with Crippen molar-refractivity contribution < 1.29 is 38.7 Å². The Kier molecular flexibility index (Phi) is 18.5. The molecule has 2 aromatic carbocycles. The molecule has 0 aromatic heterocycles. The first-order valence-corrected chi connectivity index (χ1v) is 20.0. The number of rotatable bonds is 12. The predicted molar refractivity (Wildman–Crippen MR) is 216 cm³/mol. The summed E-state index contributed by atoms with van der Waals surface area (Å²) >= 11 is 0. The Morgan fingerprint density at radius 1 is 0.807 bits per heavy atom. The molecule has 0 bridgehead atoms. The summed E-state index contributed by atoms with van der Waals surface area (Å²) in [4.78, 5) is 96.0. The van der Waals surface area contributed by atoms with Crippen LogP contribution in [0.3, 0.4) is 0 Å². The van der Waals surface area contributed by atoms with Gasteiger partial charge in [0.15, 0.2) is 0 Å². The molecule has 3 unspecified atom stereocenters. The number of carboxylic acid groups (broad SMARTS) is 1. The van der Waals surface area contributed by atoms with Gasteiger partial charge in [0, 0.05) is 20.0 Å². The minimum absolute atomic E-state index is 0.0930. The monoisotopic (exact) mass is 791 g/mol. The van der Waals surface area contributed by atoms with E-state index in [1.54, 1.807) is 27.7 Å². The number of benzene rings is 2. The van der Waals surface area contributed by atoms with Gasteiger partial charge in [-0.2, -0.15) is 0 Å². The van der Waals surface area contributed by atoms with Crippen molar-refractivity contribution in [1.29, 1.82) is 0 Å². The zero-order chi connectivity index (χ0) is 42.1. The number of nitrogens with zero attached hydrogens (tertiary/aromatic N) is 1. The van der Waals surface area contributed by atoms with E-state index in [1.807, 2.05) is 67.6 Å². The Hall–Kier alpha value is -5.47. The molecule has 1 saturated heterocycles. The maximum atomic E-state index is 14.2. The van der Waals surface area contributed by atoms with E-state index in [9.17, 15) is 38.7 Å². The summed E-state index contributed by atoms with van der Waals surface area (Å²) in [6.07, 6.45) is 2.58. The lowest BCUT2D eigenvalue weighted by Gasteiger charge is -2.32.